The van der Waals surface area contributed by atoms with Gasteiger partial charge in [0.15, 0.2) is 5.82 Å². The second kappa shape index (κ2) is 10.7. The number of piperazine rings is 1. The summed E-state index contributed by atoms with van der Waals surface area (Å²) in [5.74, 6) is 0.558. The van der Waals surface area contributed by atoms with Gasteiger partial charge in [-0.3, -0.25) is 14.4 Å². The van der Waals surface area contributed by atoms with E-state index >= 15 is 0 Å². The first-order valence-corrected chi connectivity index (χ1v) is 14.1. The molecule has 3 aromatic rings. The average molecular weight is 566 g/mol. The lowest BCUT2D eigenvalue weighted by atomic mass is 10.1. The average Bonchev–Trinajstić information content (AvgIpc) is 3.63. The summed E-state index contributed by atoms with van der Waals surface area (Å²) in [6.07, 6.45) is 5.35. The SMILES string of the molecule is CC(=O)N1CCN(c2c(C)n(CC(=O)Nc3ccc(Cl)c4c3CCC4)c3nc(C4=CCOCC4)nn3c2=O)CC1. The van der Waals surface area contributed by atoms with Gasteiger partial charge >= 0.3 is 0 Å². The first kappa shape index (κ1) is 26.5. The molecule has 210 valence electrons. The Labute approximate surface area is 236 Å². The number of rotatable bonds is 5. The molecule has 2 aliphatic heterocycles. The molecule has 4 heterocycles. The molecule has 0 radical (unpaired) electrons. The van der Waals surface area contributed by atoms with Crippen LogP contribution >= 0.6 is 11.6 Å². The zero-order valence-electron chi connectivity index (χ0n) is 22.7. The minimum atomic E-state index is -0.289. The van der Waals surface area contributed by atoms with Crippen LogP contribution in [0.2, 0.25) is 5.02 Å². The standard InChI is InChI=1S/C28H32ClN7O4/c1-17-25(34-12-10-33(11-13-34)18(2)37)27(39)36-28(31-26(32-36)19-8-14-40-15-9-19)35(17)16-24(38)30-23-7-6-22(29)20-4-3-5-21(20)23/h6-8H,3-5,9-16H2,1-2H3,(H,30,38). The number of nitrogens with zero attached hydrogens (tertiary/aromatic N) is 6. The highest BCUT2D eigenvalue weighted by atomic mass is 35.5. The zero-order chi connectivity index (χ0) is 28.0. The van der Waals surface area contributed by atoms with Crippen molar-refractivity contribution in [2.45, 2.75) is 46.1 Å². The normalized spacial score (nSPS) is 17.2. The van der Waals surface area contributed by atoms with Crippen molar-refractivity contribution in [3.05, 3.63) is 56.2 Å². The van der Waals surface area contributed by atoms with Crippen molar-refractivity contribution in [1.29, 1.82) is 0 Å². The van der Waals surface area contributed by atoms with Crippen LogP contribution in [-0.2, 0) is 33.7 Å². The van der Waals surface area contributed by atoms with Crippen molar-refractivity contribution in [3.63, 3.8) is 0 Å². The second-order valence-corrected chi connectivity index (χ2v) is 10.9. The van der Waals surface area contributed by atoms with Crippen molar-refractivity contribution in [2.75, 3.05) is 49.6 Å². The molecule has 0 saturated carbocycles. The van der Waals surface area contributed by atoms with Crippen LogP contribution in [0.25, 0.3) is 11.4 Å². The van der Waals surface area contributed by atoms with Crippen LogP contribution < -0.4 is 15.8 Å². The Hall–Kier alpha value is -3.70. The zero-order valence-corrected chi connectivity index (χ0v) is 23.5. The van der Waals surface area contributed by atoms with Gasteiger partial charge in [-0.25, -0.2) is 0 Å². The quantitative estimate of drug-likeness (QED) is 0.505. The van der Waals surface area contributed by atoms with Gasteiger partial charge in [-0.1, -0.05) is 17.7 Å². The van der Waals surface area contributed by atoms with Crippen LogP contribution in [0, 0.1) is 6.92 Å². The van der Waals surface area contributed by atoms with Crippen LogP contribution in [0.1, 0.15) is 42.4 Å². The number of nitrogens with one attached hydrogen (secondary N) is 1. The predicted octanol–water partition coefficient (Wildman–Crippen LogP) is 2.45. The molecule has 1 aliphatic carbocycles. The fraction of sp³-hybridized carbons (Fsp3) is 0.464. The fourth-order valence-corrected chi connectivity index (χ4v) is 6.20. The molecule has 0 unspecified atom stereocenters. The van der Waals surface area contributed by atoms with E-state index in [1.807, 2.05) is 30.0 Å². The highest BCUT2D eigenvalue weighted by Gasteiger charge is 2.28. The van der Waals surface area contributed by atoms with E-state index in [0.29, 0.717) is 68.8 Å². The molecule has 40 heavy (non-hydrogen) atoms. The minimum absolute atomic E-state index is 0.0141. The van der Waals surface area contributed by atoms with Crippen LogP contribution in [0.15, 0.2) is 23.0 Å². The number of amides is 2. The molecule has 1 fully saturated rings. The van der Waals surface area contributed by atoms with Gasteiger partial charge in [0.25, 0.3) is 5.56 Å². The molecular formula is C28H32ClN7O4. The molecule has 0 spiro atoms. The van der Waals surface area contributed by atoms with Gasteiger partial charge < -0.3 is 24.4 Å². The van der Waals surface area contributed by atoms with Gasteiger partial charge in [0, 0.05) is 49.5 Å². The van der Waals surface area contributed by atoms with E-state index < -0.39 is 0 Å². The third-order valence-electron chi connectivity index (χ3n) is 8.07. The van der Waals surface area contributed by atoms with E-state index in [9.17, 15) is 14.4 Å². The number of halogens is 1. The van der Waals surface area contributed by atoms with Crippen molar-refractivity contribution in [1.82, 2.24) is 24.1 Å². The number of carbonyl (C=O) groups is 2. The van der Waals surface area contributed by atoms with E-state index in [4.69, 9.17) is 21.3 Å². The predicted molar refractivity (Wildman–Crippen MR) is 152 cm³/mol. The maximum Gasteiger partial charge on any atom is 0.299 e. The summed E-state index contributed by atoms with van der Waals surface area (Å²) in [6, 6.07) is 3.68. The Morgan fingerprint density at radius 3 is 2.60 bits per heavy atom. The number of anilines is 2. The molecule has 3 aliphatic rings. The van der Waals surface area contributed by atoms with E-state index in [0.717, 1.165) is 46.7 Å². The second-order valence-electron chi connectivity index (χ2n) is 10.5. The van der Waals surface area contributed by atoms with E-state index in [1.165, 1.54) is 4.52 Å². The van der Waals surface area contributed by atoms with E-state index in [-0.39, 0.29) is 23.9 Å². The third kappa shape index (κ3) is 4.77. The number of carbonyl (C=O) groups excluding carboxylic acids is 2. The Morgan fingerprint density at radius 1 is 1.10 bits per heavy atom. The largest absolute Gasteiger partial charge is 0.377 e. The molecule has 2 aromatic heterocycles. The van der Waals surface area contributed by atoms with Gasteiger partial charge in [-0.05, 0) is 61.4 Å². The molecule has 6 rings (SSSR count). The Bertz CT molecular complexity index is 1600. The number of hydrogen-bond acceptors (Lipinski definition) is 7. The molecular weight excluding hydrogens is 534 g/mol. The fourth-order valence-electron chi connectivity index (χ4n) is 5.92. The number of fused-ring (bicyclic) bond motifs is 2. The maximum absolute atomic E-state index is 13.8. The van der Waals surface area contributed by atoms with Crippen LogP contribution in [-0.4, -0.2) is 75.3 Å². The summed E-state index contributed by atoms with van der Waals surface area (Å²) in [4.78, 5) is 47.6. The Morgan fingerprint density at radius 2 is 1.88 bits per heavy atom. The Balaban J connectivity index is 1.39. The van der Waals surface area contributed by atoms with Crippen molar-refractivity contribution in [3.8, 4) is 0 Å². The Kier molecular flexibility index (Phi) is 7.09. The first-order valence-electron chi connectivity index (χ1n) is 13.7. The number of hydrogen-bond donors (Lipinski definition) is 1. The molecule has 1 saturated heterocycles. The smallest absolute Gasteiger partial charge is 0.299 e. The summed E-state index contributed by atoms with van der Waals surface area (Å²) in [5.41, 5.74) is 4.67. The van der Waals surface area contributed by atoms with Crippen LogP contribution in [0.3, 0.4) is 0 Å². The monoisotopic (exact) mass is 565 g/mol. The van der Waals surface area contributed by atoms with Gasteiger partial charge in [0.2, 0.25) is 17.6 Å². The molecule has 1 aromatic carbocycles. The summed E-state index contributed by atoms with van der Waals surface area (Å²) < 4.78 is 8.50. The number of aromatic nitrogens is 4. The summed E-state index contributed by atoms with van der Waals surface area (Å²) in [6.45, 7) is 6.42. The van der Waals surface area contributed by atoms with Gasteiger partial charge in [-0.15, -0.1) is 5.10 Å². The van der Waals surface area contributed by atoms with E-state index in [2.05, 4.69) is 10.4 Å². The lowest BCUT2D eigenvalue weighted by Gasteiger charge is -2.36. The summed E-state index contributed by atoms with van der Waals surface area (Å²) >= 11 is 6.39. The van der Waals surface area contributed by atoms with Crippen molar-refractivity contribution >= 4 is 46.1 Å². The molecule has 2 amide bonds. The lowest BCUT2D eigenvalue weighted by Crippen LogP contribution is -2.50. The molecule has 0 atom stereocenters. The maximum atomic E-state index is 13.8. The van der Waals surface area contributed by atoms with Crippen molar-refractivity contribution < 1.29 is 14.3 Å². The number of benzene rings is 1. The molecule has 12 heteroatoms. The highest BCUT2D eigenvalue weighted by molar-refractivity contribution is 6.31. The lowest BCUT2D eigenvalue weighted by molar-refractivity contribution is -0.129. The molecule has 0 bridgehead atoms. The summed E-state index contributed by atoms with van der Waals surface area (Å²) in [7, 11) is 0. The summed E-state index contributed by atoms with van der Waals surface area (Å²) in [5, 5.41) is 8.40. The topological polar surface area (TPSA) is 114 Å². The molecule has 11 nitrogen and oxygen atoms in total. The van der Waals surface area contributed by atoms with Gasteiger partial charge in [0.05, 0.1) is 13.2 Å². The van der Waals surface area contributed by atoms with Crippen LogP contribution in [0.5, 0.6) is 0 Å². The third-order valence-corrected chi connectivity index (χ3v) is 8.42. The van der Waals surface area contributed by atoms with Gasteiger partial charge in [-0.2, -0.15) is 9.50 Å². The molecule has 1 N–H and O–H groups in total. The van der Waals surface area contributed by atoms with Crippen molar-refractivity contribution in [2.24, 2.45) is 0 Å². The number of ether oxygens (including phenoxy) is 1. The van der Waals surface area contributed by atoms with E-state index in [1.54, 1.807) is 16.4 Å². The van der Waals surface area contributed by atoms with Gasteiger partial charge in [0.1, 0.15) is 12.2 Å². The minimum Gasteiger partial charge on any atom is -0.377 e. The van der Waals surface area contributed by atoms with Crippen LogP contribution in [0.4, 0.5) is 11.4 Å². The highest BCUT2D eigenvalue weighted by Crippen LogP contribution is 2.34. The first-order chi connectivity index (χ1) is 19.3.